The number of hydrogen-bond acceptors (Lipinski definition) is 2. The minimum atomic E-state index is -2.87. The van der Waals surface area contributed by atoms with Gasteiger partial charge in [-0.1, -0.05) is 193 Å². The van der Waals surface area contributed by atoms with Crippen LogP contribution in [0.15, 0.2) is 188 Å². The van der Waals surface area contributed by atoms with Gasteiger partial charge in [0.25, 0.3) is 0 Å². The van der Waals surface area contributed by atoms with Gasteiger partial charge in [0, 0.05) is 25.9 Å². The Hall–Kier alpha value is -6.78. The summed E-state index contributed by atoms with van der Waals surface area (Å²) < 4.78 is 2.65. The van der Waals surface area contributed by atoms with Gasteiger partial charge in [0.1, 0.15) is 0 Å². The molecule has 0 amide bonds. The van der Waals surface area contributed by atoms with Crippen molar-refractivity contribution in [3.8, 4) is 33.4 Å². The molecule has 0 saturated heterocycles. The molecule has 1 aliphatic carbocycles. The second kappa shape index (κ2) is 13.0. The fourth-order valence-electron chi connectivity index (χ4n) is 12.8. The van der Waals surface area contributed by atoms with Gasteiger partial charge < -0.3 is 4.90 Å². The van der Waals surface area contributed by atoms with Crippen LogP contribution in [0.5, 0.6) is 0 Å². The highest BCUT2D eigenvalue weighted by molar-refractivity contribution is 7.26. The quantitative estimate of drug-likeness (QED) is 0.149. The van der Waals surface area contributed by atoms with Crippen molar-refractivity contribution >= 4 is 77.4 Å². The van der Waals surface area contributed by atoms with Crippen molar-refractivity contribution in [3.05, 3.63) is 221 Å². The first kappa shape index (κ1) is 38.5. The van der Waals surface area contributed by atoms with Crippen LogP contribution in [-0.4, -0.2) is 8.07 Å². The zero-order chi connectivity index (χ0) is 44.5. The van der Waals surface area contributed by atoms with E-state index in [1.54, 1.807) is 0 Å². The van der Waals surface area contributed by atoms with E-state index in [1.807, 2.05) is 11.3 Å². The lowest BCUT2D eigenvalue weighted by Crippen LogP contribution is -2.71. The Balaban J connectivity index is 1.10. The molecular weight excluding hydrogens is 831 g/mol. The monoisotopic (exact) mass is 879 g/mol. The third-order valence-electron chi connectivity index (χ3n) is 15.8. The fourth-order valence-corrected chi connectivity index (χ4v) is 19.7. The molecule has 1 nitrogen and oxygen atoms in total. The Morgan fingerprint density at radius 3 is 1.55 bits per heavy atom. The van der Waals surface area contributed by atoms with Gasteiger partial charge >= 0.3 is 0 Å². The van der Waals surface area contributed by atoms with Crippen LogP contribution in [0.25, 0.3) is 53.6 Å². The number of anilines is 3. The highest BCUT2D eigenvalue weighted by Gasteiger charge is 2.56. The van der Waals surface area contributed by atoms with E-state index in [-0.39, 0.29) is 10.8 Å². The third kappa shape index (κ3) is 4.74. The second-order valence-electron chi connectivity index (χ2n) is 21.2. The Bertz CT molecular complexity index is 3650. The molecule has 4 aliphatic rings. The van der Waals surface area contributed by atoms with E-state index in [1.165, 1.54) is 125 Å². The van der Waals surface area contributed by atoms with E-state index in [4.69, 9.17) is 0 Å². The molecular formula is C63H49NSSi. The van der Waals surface area contributed by atoms with Crippen molar-refractivity contribution in [2.24, 2.45) is 0 Å². The summed E-state index contributed by atoms with van der Waals surface area (Å²) in [6.45, 7) is 14.2. The Labute approximate surface area is 392 Å². The molecule has 14 rings (SSSR count). The van der Waals surface area contributed by atoms with E-state index in [0.29, 0.717) is 0 Å². The molecule has 0 N–H and O–H groups in total. The Morgan fingerprint density at radius 2 is 0.894 bits per heavy atom. The predicted molar refractivity (Wildman–Crippen MR) is 284 cm³/mol. The first-order valence-electron chi connectivity index (χ1n) is 23.6. The van der Waals surface area contributed by atoms with Crippen molar-refractivity contribution in [2.75, 3.05) is 4.90 Å². The van der Waals surface area contributed by atoms with Gasteiger partial charge in [0.05, 0.1) is 16.8 Å². The summed E-state index contributed by atoms with van der Waals surface area (Å²) in [5, 5.41) is 8.71. The third-order valence-corrected chi connectivity index (χ3v) is 21.8. The Kier molecular flexibility index (Phi) is 7.56. The van der Waals surface area contributed by atoms with Crippen LogP contribution in [0.1, 0.15) is 74.9 Å². The van der Waals surface area contributed by atoms with Gasteiger partial charge in [-0.05, 0) is 135 Å². The lowest BCUT2D eigenvalue weighted by atomic mass is 9.64. The first-order chi connectivity index (χ1) is 32.0. The molecule has 3 aliphatic heterocycles. The van der Waals surface area contributed by atoms with Crippen molar-refractivity contribution in [2.45, 2.75) is 57.8 Å². The molecule has 4 heterocycles. The standard InChI is InChI=1S/C63H49NSSi/c1-61(2,3)38-27-30-45-46-31-28-39(62(4,5)6)34-59(46)66(58(45)33-38)57-26-16-10-20-44(57)47-32-29-40(35-60(47)66)64-53-24-14-13-23-51(53)63(49-21-11-7-17-41(49)42-18-8-12-22-50(42)63)52-37-56-48(36-54(52)64)43-19-9-15-25-55(43)65-56/h7-37H,1-6H3. The molecule has 0 radical (unpaired) electrons. The molecule has 316 valence electrons. The lowest BCUT2D eigenvalue weighted by molar-refractivity contribution is 0.590. The summed E-state index contributed by atoms with van der Waals surface area (Å²) in [6, 6.07) is 73.8. The van der Waals surface area contributed by atoms with Crippen LogP contribution in [0.3, 0.4) is 0 Å². The zero-order valence-corrected chi connectivity index (χ0v) is 40.1. The van der Waals surface area contributed by atoms with Crippen molar-refractivity contribution in [1.82, 2.24) is 0 Å². The van der Waals surface area contributed by atoms with Gasteiger partial charge in [0.2, 0.25) is 0 Å². The molecule has 2 spiro atoms. The average Bonchev–Trinajstić information content (AvgIpc) is 4.03. The number of rotatable bonds is 1. The van der Waals surface area contributed by atoms with Crippen LogP contribution >= 0.6 is 11.3 Å². The van der Waals surface area contributed by atoms with Crippen LogP contribution < -0.4 is 25.6 Å². The molecule has 1 aromatic heterocycles. The minimum Gasteiger partial charge on any atom is -0.310 e. The minimum absolute atomic E-state index is 0.00455. The number of nitrogens with zero attached hydrogens (tertiary/aromatic N) is 1. The maximum Gasteiger partial charge on any atom is 0.182 e. The number of thiophene rings is 1. The molecule has 10 aromatic rings. The molecule has 0 atom stereocenters. The average molecular weight is 880 g/mol. The fraction of sp³-hybridized carbons (Fsp3) is 0.143. The summed E-state index contributed by atoms with van der Waals surface area (Å²) in [4.78, 5) is 2.64. The largest absolute Gasteiger partial charge is 0.310 e. The van der Waals surface area contributed by atoms with Crippen molar-refractivity contribution < 1.29 is 0 Å². The van der Waals surface area contributed by atoms with E-state index >= 15 is 0 Å². The van der Waals surface area contributed by atoms with Gasteiger partial charge in [-0.15, -0.1) is 11.3 Å². The van der Waals surface area contributed by atoms with Crippen LogP contribution in [0, 0.1) is 0 Å². The molecule has 0 saturated carbocycles. The van der Waals surface area contributed by atoms with E-state index in [2.05, 4.69) is 234 Å². The molecule has 3 heteroatoms. The number of para-hydroxylation sites is 1. The number of hydrogen-bond donors (Lipinski definition) is 0. The highest BCUT2D eigenvalue weighted by atomic mass is 32.1. The Morgan fingerprint density at radius 1 is 0.379 bits per heavy atom. The van der Waals surface area contributed by atoms with Crippen LogP contribution in [0.2, 0.25) is 0 Å². The van der Waals surface area contributed by atoms with Gasteiger partial charge in [0.15, 0.2) is 8.07 Å². The van der Waals surface area contributed by atoms with E-state index in [9.17, 15) is 0 Å². The summed E-state index contributed by atoms with van der Waals surface area (Å²) in [5.74, 6) is 0. The first-order valence-corrected chi connectivity index (χ1v) is 26.4. The van der Waals surface area contributed by atoms with Crippen molar-refractivity contribution in [1.29, 1.82) is 0 Å². The van der Waals surface area contributed by atoms with Gasteiger partial charge in [-0.2, -0.15) is 0 Å². The normalized spacial score (nSPS) is 15.3. The predicted octanol–water partition coefficient (Wildman–Crippen LogP) is 14.1. The van der Waals surface area contributed by atoms with Crippen molar-refractivity contribution in [3.63, 3.8) is 0 Å². The maximum atomic E-state index is 2.65. The van der Waals surface area contributed by atoms with Gasteiger partial charge in [-0.3, -0.25) is 0 Å². The zero-order valence-electron chi connectivity index (χ0n) is 38.3. The lowest BCUT2D eigenvalue weighted by Gasteiger charge is -2.45. The number of benzene rings is 9. The molecule has 0 bridgehead atoms. The van der Waals surface area contributed by atoms with Crippen LogP contribution in [0.4, 0.5) is 17.1 Å². The molecule has 9 aromatic carbocycles. The summed E-state index contributed by atoms with van der Waals surface area (Å²) in [7, 11) is -2.87. The summed E-state index contributed by atoms with van der Waals surface area (Å²) >= 11 is 1.92. The molecule has 0 fully saturated rings. The smallest absolute Gasteiger partial charge is 0.182 e. The highest BCUT2D eigenvalue weighted by Crippen LogP contribution is 2.64. The summed E-state index contributed by atoms with van der Waals surface area (Å²) in [6.07, 6.45) is 0. The van der Waals surface area contributed by atoms with Crippen LogP contribution in [-0.2, 0) is 16.2 Å². The van der Waals surface area contributed by atoms with Gasteiger partial charge in [-0.25, -0.2) is 0 Å². The molecule has 66 heavy (non-hydrogen) atoms. The molecule has 0 unspecified atom stereocenters. The SMILES string of the molecule is CC(C)(C)c1ccc2c(c1)[Si]1(c3ccccc3-c3ccc(N4c5ccccc5C5(c6ccccc6-c6ccccc65)c5cc6sc7ccccc7c6cc54)cc31)c1cc(C(C)(C)C)ccc1-2. The summed E-state index contributed by atoms with van der Waals surface area (Å²) in [5.41, 5.74) is 19.6. The van der Waals surface area contributed by atoms with E-state index in [0.717, 1.165) is 0 Å². The topological polar surface area (TPSA) is 3.24 Å². The van der Waals surface area contributed by atoms with E-state index < -0.39 is 13.5 Å². The maximum absolute atomic E-state index is 2.87. The second-order valence-corrected chi connectivity index (χ2v) is 25.9. The number of fused-ring (bicyclic) bond motifs is 22.